The van der Waals surface area contributed by atoms with Crippen LogP contribution in [-0.2, 0) is 11.3 Å². The quantitative estimate of drug-likeness (QED) is 0.479. The van der Waals surface area contributed by atoms with Crippen molar-refractivity contribution in [2.75, 3.05) is 38.0 Å². The van der Waals surface area contributed by atoms with Crippen molar-refractivity contribution >= 4 is 30.2 Å². The molecular weight excluding hydrogens is 532 g/mol. The van der Waals surface area contributed by atoms with Gasteiger partial charge >= 0.3 is 11.7 Å². The number of urea groups is 1. The number of nitrogens with zero attached hydrogens (tertiary/aromatic N) is 5. The Hall–Kier alpha value is -2.99. The Morgan fingerprint density at radius 2 is 1.75 bits per heavy atom. The Morgan fingerprint density at radius 3 is 2.30 bits per heavy atom. The maximum atomic E-state index is 12.8. The number of halogens is 1. The van der Waals surface area contributed by atoms with Crippen molar-refractivity contribution in [3.63, 3.8) is 0 Å². The van der Waals surface area contributed by atoms with E-state index in [1.165, 1.54) is 10.1 Å². The molecule has 0 unspecified atom stereocenters. The van der Waals surface area contributed by atoms with E-state index in [4.69, 9.17) is 11.5 Å². The number of hydrogen-bond acceptors (Lipinski definition) is 7. The van der Waals surface area contributed by atoms with E-state index in [2.05, 4.69) is 22.1 Å². The summed E-state index contributed by atoms with van der Waals surface area (Å²) < 4.78 is 1.45. The Bertz CT molecular complexity index is 1220. The van der Waals surface area contributed by atoms with Gasteiger partial charge in [0.15, 0.2) is 0 Å². The largest absolute Gasteiger partial charge is 0.354 e. The van der Waals surface area contributed by atoms with Crippen LogP contribution in [0.5, 0.6) is 0 Å². The Balaban J connectivity index is 0.00000441. The molecule has 12 heteroatoms. The van der Waals surface area contributed by atoms with E-state index in [0.29, 0.717) is 31.2 Å². The molecule has 2 aliphatic rings. The maximum absolute atomic E-state index is 12.8. The summed E-state index contributed by atoms with van der Waals surface area (Å²) in [5.41, 5.74) is 12.5. The van der Waals surface area contributed by atoms with Gasteiger partial charge in [-0.05, 0) is 83.3 Å². The molecule has 4 rings (SSSR count). The molecule has 3 amide bonds. The van der Waals surface area contributed by atoms with E-state index < -0.39 is 11.2 Å². The summed E-state index contributed by atoms with van der Waals surface area (Å²) in [5, 5.41) is 2.71. The monoisotopic (exact) mass is 574 g/mol. The van der Waals surface area contributed by atoms with E-state index in [0.717, 1.165) is 32.5 Å². The number of carbonyl (C=O) groups excluding carboxylic acids is 2. The molecule has 1 aromatic carbocycles. The summed E-state index contributed by atoms with van der Waals surface area (Å²) in [5.74, 6) is 0.640. The van der Waals surface area contributed by atoms with Crippen LogP contribution >= 0.6 is 12.4 Å². The molecule has 1 aromatic heterocycles. The molecule has 3 heterocycles. The van der Waals surface area contributed by atoms with Crippen LogP contribution in [0.3, 0.4) is 0 Å². The highest BCUT2D eigenvalue weighted by molar-refractivity contribution is 5.89. The zero-order valence-corrected chi connectivity index (χ0v) is 24.7. The molecule has 0 bridgehead atoms. The number of aromatic nitrogens is 2. The molecule has 220 valence electrons. The van der Waals surface area contributed by atoms with E-state index in [1.807, 2.05) is 31.2 Å². The minimum atomic E-state index is -0.965. The SMILES string of the molecule is C[C@H](N)C1CCN(Cc2ccc(-n3ccc(NC(=O)N4CCN(C(=O)C(C)(C)N)[C@H](C)C4)nc3=O)cc2)CC1.Cl. The summed E-state index contributed by atoms with van der Waals surface area (Å²) in [7, 11) is 0. The van der Waals surface area contributed by atoms with Crippen LogP contribution in [0.1, 0.15) is 46.1 Å². The van der Waals surface area contributed by atoms with Gasteiger partial charge in [0.05, 0.1) is 11.2 Å². The molecule has 11 nitrogen and oxygen atoms in total. The van der Waals surface area contributed by atoms with Crippen molar-refractivity contribution in [2.45, 2.75) is 64.7 Å². The summed E-state index contributed by atoms with van der Waals surface area (Å²) in [4.78, 5) is 48.0. The lowest BCUT2D eigenvalue weighted by Crippen LogP contribution is -2.61. The molecule has 40 heavy (non-hydrogen) atoms. The first-order chi connectivity index (χ1) is 18.4. The lowest BCUT2D eigenvalue weighted by Gasteiger charge is -2.42. The predicted molar refractivity (Wildman–Crippen MR) is 159 cm³/mol. The minimum Gasteiger partial charge on any atom is -0.335 e. The Labute approximate surface area is 242 Å². The first kappa shape index (κ1) is 31.5. The van der Waals surface area contributed by atoms with Gasteiger partial charge in [-0.15, -0.1) is 12.4 Å². The first-order valence-electron chi connectivity index (χ1n) is 13.7. The highest BCUT2D eigenvalue weighted by atomic mass is 35.5. The van der Waals surface area contributed by atoms with Gasteiger partial charge in [0.25, 0.3) is 0 Å². The van der Waals surface area contributed by atoms with Crippen LogP contribution in [0.15, 0.2) is 41.3 Å². The average molecular weight is 575 g/mol. The standard InChI is InChI=1S/C28H42N8O3.ClH/c1-19-17-34(15-16-35(19)25(37)28(3,4)30)26(38)31-24-11-14-36(27(39)32-24)23-7-5-21(6-8-23)18-33-12-9-22(10-13-33)20(2)29;/h5-8,11,14,19-20,22H,9-10,12-13,15-18,29-30H2,1-4H3,(H,31,32,38,39);1H/t19-,20+;/m1./s1. The second-order valence-electron chi connectivity index (χ2n) is 11.5. The lowest BCUT2D eigenvalue weighted by molar-refractivity contribution is -0.139. The van der Waals surface area contributed by atoms with Crippen molar-refractivity contribution in [2.24, 2.45) is 17.4 Å². The second-order valence-corrected chi connectivity index (χ2v) is 11.5. The number of piperazine rings is 1. The topological polar surface area (TPSA) is 143 Å². The molecule has 0 radical (unpaired) electrons. The summed E-state index contributed by atoms with van der Waals surface area (Å²) in [6, 6.07) is 9.21. The van der Waals surface area contributed by atoms with Gasteiger partial charge in [0.2, 0.25) is 5.91 Å². The van der Waals surface area contributed by atoms with Gasteiger partial charge in [0.1, 0.15) is 5.82 Å². The molecule has 2 fully saturated rings. The average Bonchev–Trinajstić information content (AvgIpc) is 2.89. The Morgan fingerprint density at radius 1 is 1.10 bits per heavy atom. The molecule has 2 atom stereocenters. The number of piperidine rings is 1. The number of rotatable bonds is 6. The van der Waals surface area contributed by atoms with Gasteiger partial charge in [0, 0.05) is 44.5 Å². The number of amides is 3. The van der Waals surface area contributed by atoms with Crippen molar-refractivity contribution < 1.29 is 9.59 Å². The van der Waals surface area contributed by atoms with Gasteiger partial charge in [-0.1, -0.05) is 12.1 Å². The van der Waals surface area contributed by atoms with Gasteiger partial charge < -0.3 is 21.3 Å². The zero-order chi connectivity index (χ0) is 28.3. The highest BCUT2D eigenvalue weighted by Crippen LogP contribution is 2.21. The van der Waals surface area contributed by atoms with Gasteiger partial charge in [-0.3, -0.25) is 19.6 Å². The molecule has 0 spiro atoms. The van der Waals surface area contributed by atoms with Crippen LogP contribution in [0, 0.1) is 5.92 Å². The number of anilines is 1. The highest BCUT2D eigenvalue weighted by Gasteiger charge is 2.35. The summed E-state index contributed by atoms with van der Waals surface area (Å²) >= 11 is 0. The summed E-state index contributed by atoms with van der Waals surface area (Å²) in [6.07, 6.45) is 3.86. The van der Waals surface area contributed by atoms with Crippen LogP contribution < -0.4 is 22.5 Å². The Kier molecular flexibility index (Phi) is 10.3. The second kappa shape index (κ2) is 13.1. The van der Waals surface area contributed by atoms with E-state index >= 15 is 0 Å². The fraction of sp³-hybridized carbons (Fsp3) is 0.571. The molecular formula is C28H43ClN8O3. The van der Waals surface area contributed by atoms with Crippen LogP contribution in [0.2, 0.25) is 0 Å². The molecule has 0 aliphatic carbocycles. The van der Waals surface area contributed by atoms with E-state index in [9.17, 15) is 14.4 Å². The normalized spacial score (nSPS) is 19.6. The fourth-order valence-electron chi connectivity index (χ4n) is 5.33. The van der Waals surface area contributed by atoms with Crippen LogP contribution in [0.4, 0.5) is 10.6 Å². The first-order valence-corrected chi connectivity index (χ1v) is 13.7. The number of likely N-dealkylation sites (tertiary alicyclic amines) is 1. The molecule has 2 aromatic rings. The third-order valence-electron chi connectivity index (χ3n) is 7.76. The lowest BCUT2D eigenvalue weighted by atomic mass is 9.91. The van der Waals surface area contributed by atoms with Gasteiger partial charge in [-0.25, -0.2) is 9.59 Å². The minimum absolute atomic E-state index is 0. The third kappa shape index (κ3) is 7.60. The fourth-order valence-corrected chi connectivity index (χ4v) is 5.33. The molecule has 5 N–H and O–H groups in total. The van der Waals surface area contributed by atoms with Crippen molar-refractivity contribution in [1.82, 2.24) is 24.3 Å². The zero-order valence-electron chi connectivity index (χ0n) is 23.9. The van der Waals surface area contributed by atoms with Crippen molar-refractivity contribution in [3.8, 4) is 5.69 Å². The van der Waals surface area contributed by atoms with Crippen LogP contribution in [0.25, 0.3) is 5.69 Å². The smallest absolute Gasteiger partial charge is 0.335 e. The number of nitrogens with two attached hydrogens (primary N) is 2. The van der Waals surface area contributed by atoms with E-state index in [-0.39, 0.29) is 42.2 Å². The predicted octanol–water partition coefficient (Wildman–Crippen LogP) is 2.02. The molecule has 0 saturated carbocycles. The van der Waals surface area contributed by atoms with E-state index in [1.54, 1.807) is 35.9 Å². The number of hydrogen-bond donors (Lipinski definition) is 3. The number of nitrogens with one attached hydrogen (secondary N) is 1. The molecule has 2 saturated heterocycles. The maximum Gasteiger partial charge on any atom is 0.354 e. The van der Waals surface area contributed by atoms with Gasteiger partial charge in [-0.2, -0.15) is 4.98 Å². The van der Waals surface area contributed by atoms with Crippen molar-refractivity contribution in [1.29, 1.82) is 0 Å². The molecule has 2 aliphatic heterocycles. The number of carbonyl (C=O) groups is 2. The summed E-state index contributed by atoms with van der Waals surface area (Å²) in [6.45, 7) is 11.4. The third-order valence-corrected chi connectivity index (χ3v) is 7.76. The van der Waals surface area contributed by atoms with Crippen molar-refractivity contribution in [3.05, 3.63) is 52.6 Å². The number of benzene rings is 1. The van der Waals surface area contributed by atoms with Crippen LogP contribution in [-0.4, -0.2) is 86.5 Å².